The van der Waals surface area contributed by atoms with E-state index in [1.807, 2.05) is 6.92 Å². The second-order valence-corrected chi connectivity index (χ2v) is 7.27. The van der Waals surface area contributed by atoms with Crippen LogP contribution in [0.4, 0.5) is 16.2 Å². The number of carbonyl (C=O) groups is 3. The third-order valence-electron chi connectivity index (χ3n) is 4.13. The summed E-state index contributed by atoms with van der Waals surface area (Å²) in [6.07, 6.45) is 1.18. The van der Waals surface area contributed by atoms with Crippen LogP contribution in [0.3, 0.4) is 0 Å². The molecule has 3 rings (SSSR count). The van der Waals surface area contributed by atoms with E-state index in [1.165, 1.54) is 6.08 Å². The number of ether oxygens (including phenoxy) is 1. The minimum Gasteiger partial charge on any atom is -0.507 e. The van der Waals surface area contributed by atoms with E-state index in [0.29, 0.717) is 29.8 Å². The second-order valence-electron chi connectivity index (χ2n) is 6.27. The Morgan fingerprint density at radius 2 is 1.97 bits per heavy atom. The fourth-order valence-electron chi connectivity index (χ4n) is 2.69. The molecule has 3 amide bonds. The molecule has 0 unspecified atom stereocenters. The number of benzene rings is 2. The first-order valence-electron chi connectivity index (χ1n) is 9.04. The van der Waals surface area contributed by atoms with Crippen molar-refractivity contribution in [3.8, 4) is 11.5 Å². The summed E-state index contributed by atoms with van der Waals surface area (Å²) < 4.78 is 5.32. The second kappa shape index (κ2) is 9.30. The van der Waals surface area contributed by atoms with E-state index in [4.69, 9.17) is 4.74 Å². The molecule has 0 atom stereocenters. The van der Waals surface area contributed by atoms with Gasteiger partial charge in [0.15, 0.2) is 0 Å². The zero-order valence-corrected chi connectivity index (χ0v) is 17.0. The maximum absolute atomic E-state index is 12.6. The molecule has 0 bridgehead atoms. The molecule has 0 saturated carbocycles. The molecular weight excluding hydrogens is 426 g/mol. The van der Waals surface area contributed by atoms with Gasteiger partial charge in [-0.05, 0) is 55.1 Å². The first kappa shape index (κ1) is 21.8. The van der Waals surface area contributed by atoms with Crippen molar-refractivity contribution in [3.63, 3.8) is 0 Å². The van der Waals surface area contributed by atoms with Crippen LogP contribution in [0.1, 0.15) is 12.5 Å². The van der Waals surface area contributed by atoms with Crippen molar-refractivity contribution in [2.75, 3.05) is 18.5 Å². The van der Waals surface area contributed by atoms with Gasteiger partial charge in [0.1, 0.15) is 18.0 Å². The lowest BCUT2D eigenvalue weighted by Crippen LogP contribution is -2.36. The molecule has 0 radical (unpaired) electrons. The van der Waals surface area contributed by atoms with Gasteiger partial charge in [-0.3, -0.25) is 29.4 Å². The van der Waals surface area contributed by atoms with Crippen LogP contribution in [0.25, 0.3) is 6.08 Å². The van der Waals surface area contributed by atoms with Gasteiger partial charge in [0.2, 0.25) is 5.91 Å². The fraction of sp³-hybridized carbons (Fsp3) is 0.150. The number of phenolic OH excluding ortho intramolecular Hbond substituents is 1. The highest BCUT2D eigenvalue weighted by Gasteiger charge is 2.36. The van der Waals surface area contributed by atoms with Gasteiger partial charge in [-0.25, -0.2) is 0 Å². The zero-order chi connectivity index (χ0) is 22.5. The topological polar surface area (TPSA) is 139 Å². The quantitative estimate of drug-likeness (QED) is 0.377. The predicted molar refractivity (Wildman–Crippen MR) is 114 cm³/mol. The summed E-state index contributed by atoms with van der Waals surface area (Å²) in [5.41, 5.74) is 0.203. The summed E-state index contributed by atoms with van der Waals surface area (Å²) in [4.78, 5) is 48.0. The molecule has 2 aromatic rings. The van der Waals surface area contributed by atoms with Crippen molar-refractivity contribution in [2.45, 2.75) is 6.92 Å². The van der Waals surface area contributed by atoms with Gasteiger partial charge in [0, 0.05) is 23.4 Å². The normalized spacial score (nSPS) is 14.7. The number of carbonyl (C=O) groups excluding carboxylic acids is 3. The molecule has 160 valence electrons. The Bertz CT molecular complexity index is 1080. The first-order valence-corrected chi connectivity index (χ1v) is 9.85. The number of anilines is 1. The number of imide groups is 1. The summed E-state index contributed by atoms with van der Waals surface area (Å²) in [6.45, 7) is 1.85. The van der Waals surface area contributed by atoms with Crippen LogP contribution in [-0.2, 0) is 9.59 Å². The molecule has 1 aliphatic heterocycles. The predicted octanol–water partition coefficient (Wildman–Crippen LogP) is 3.37. The number of nitrogens with zero attached hydrogens (tertiary/aromatic N) is 2. The summed E-state index contributed by atoms with van der Waals surface area (Å²) in [5.74, 6) is -0.958. The van der Waals surface area contributed by atoms with Crippen molar-refractivity contribution in [3.05, 3.63) is 63.0 Å². The van der Waals surface area contributed by atoms with Crippen LogP contribution in [0.2, 0.25) is 0 Å². The molecular formula is C20H17N3O7S. The van der Waals surface area contributed by atoms with E-state index in [9.17, 15) is 29.6 Å². The van der Waals surface area contributed by atoms with Crippen LogP contribution in [0, 0.1) is 10.1 Å². The van der Waals surface area contributed by atoms with Crippen molar-refractivity contribution in [2.24, 2.45) is 0 Å². The Hall–Kier alpha value is -3.86. The lowest BCUT2D eigenvalue weighted by atomic mass is 10.1. The third-order valence-corrected chi connectivity index (χ3v) is 5.04. The van der Waals surface area contributed by atoms with Crippen LogP contribution >= 0.6 is 11.8 Å². The first-order chi connectivity index (χ1) is 14.8. The molecule has 31 heavy (non-hydrogen) atoms. The summed E-state index contributed by atoms with van der Waals surface area (Å²) >= 11 is 0.576. The van der Waals surface area contributed by atoms with Crippen LogP contribution in [-0.4, -0.2) is 45.1 Å². The lowest BCUT2D eigenvalue weighted by molar-refractivity contribution is -0.384. The Morgan fingerprint density at radius 3 is 2.61 bits per heavy atom. The molecule has 1 saturated heterocycles. The lowest BCUT2D eigenvalue weighted by Gasteiger charge is -2.12. The standard InChI is InChI=1S/C20H17N3O7S/c1-2-30-15-6-3-13(4-7-15)21-18(25)11-22-19(26)17(31-20(22)27)10-12-9-14(23(28)29)5-8-16(12)24/h3-10,24H,2,11H2,1H3,(H,21,25)/b17-10+. The molecule has 0 aromatic heterocycles. The number of non-ortho nitro benzene ring substituents is 1. The Kier molecular flexibility index (Phi) is 6.55. The summed E-state index contributed by atoms with van der Waals surface area (Å²) in [5, 5.41) is 22.7. The Balaban J connectivity index is 1.70. The number of thioether (sulfide) groups is 1. The number of nitrogens with one attached hydrogen (secondary N) is 1. The van der Waals surface area contributed by atoms with E-state index in [2.05, 4.69) is 5.32 Å². The molecule has 1 fully saturated rings. The summed E-state index contributed by atoms with van der Waals surface area (Å²) in [7, 11) is 0. The number of aromatic hydroxyl groups is 1. The smallest absolute Gasteiger partial charge is 0.294 e. The van der Waals surface area contributed by atoms with Gasteiger partial charge >= 0.3 is 0 Å². The van der Waals surface area contributed by atoms with Gasteiger partial charge in [0.05, 0.1) is 16.4 Å². The van der Waals surface area contributed by atoms with Crippen molar-refractivity contribution < 1.29 is 29.2 Å². The van der Waals surface area contributed by atoms with Gasteiger partial charge in [-0.2, -0.15) is 0 Å². The molecule has 10 nitrogen and oxygen atoms in total. The average Bonchev–Trinajstić information content (AvgIpc) is 2.98. The molecule has 1 aliphatic rings. The van der Waals surface area contributed by atoms with E-state index in [-0.39, 0.29) is 21.9 Å². The molecule has 0 aliphatic carbocycles. The Morgan fingerprint density at radius 1 is 1.26 bits per heavy atom. The van der Waals surface area contributed by atoms with Crippen LogP contribution in [0.15, 0.2) is 47.4 Å². The number of hydrogen-bond acceptors (Lipinski definition) is 8. The molecule has 1 heterocycles. The number of hydrogen-bond donors (Lipinski definition) is 2. The minimum atomic E-state index is -0.734. The molecule has 0 spiro atoms. The summed E-state index contributed by atoms with van der Waals surface area (Å²) in [6, 6.07) is 9.93. The highest BCUT2D eigenvalue weighted by atomic mass is 32.2. The molecule has 2 N–H and O–H groups in total. The zero-order valence-electron chi connectivity index (χ0n) is 16.2. The highest BCUT2D eigenvalue weighted by molar-refractivity contribution is 8.18. The van der Waals surface area contributed by atoms with Crippen LogP contribution in [0.5, 0.6) is 11.5 Å². The Labute approximate surface area is 180 Å². The monoisotopic (exact) mass is 443 g/mol. The van der Waals surface area contributed by atoms with Gasteiger partial charge in [-0.1, -0.05) is 0 Å². The van der Waals surface area contributed by atoms with Crippen molar-refractivity contribution in [1.29, 1.82) is 0 Å². The number of nitro groups is 1. The minimum absolute atomic E-state index is 0.0125. The number of rotatable bonds is 7. The highest BCUT2D eigenvalue weighted by Crippen LogP contribution is 2.34. The largest absolute Gasteiger partial charge is 0.507 e. The number of amides is 3. The SMILES string of the molecule is CCOc1ccc(NC(=O)CN2C(=O)S/C(=C/c3cc([N+](=O)[O-])ccc3O)C2=O)cc1. The van der Waals surface area contributed by atoms with Gasteiger partial charge < -0.3 is 15.2 Å². The van der Waals surface area contributed by atoms with Crippen LogP contribution < -0.4 is 10.1 Å². The van der Waals surface area contributed by atoms with Crippen molar-refractivity contribution >= 4 is 46.3 Å². The van der Waals surface area contributed by atoms with Gasteiger partial charge in [-0.15, -0.1) is 0 Å². The van der Waals surface area contributed by atoms with E-state index >= 15 is 0 Å². The molecule has 2 aromatic carbocycles. The fourth-order valence-corrected chi connectivity index (χ4v) is 3.52. The average molecular weight is 443 g/mol. The van der Waals surface area contributed by atoms with Crippen molar-refractivity contribution in [1.82, 2.24) is 4.90 Å². The maximum atomic E-state index is 12.6. The number of nitro benzene ring substituents is 1. The van der Waals surface area contributed by atoms with E-state index in [1.54, 1.807) is 24.3 Å². The van der Waals surface area contributed by atoms with E-state index < -0.39 is 28.5 Å². The number of phenols is 1. The third kappa shape index (κ3) is 5.20. The van der Waals surface area contributed by atoms with Gasteiger partial charge in [0.25, 0.3) is 16.8 Å². The molecule has 11 heteroatoms. The maximum Gasteiger partial charge on any atom is 0.294 e. The van der Waals surface area contributed by atoms with E-state index in [0.717, 1.165) is 23.1 Å².